The van der Waals surface area contributed by atoms with Gasteiger partial charge in [0.2, 0.25) is 0 Å². The van der Waals surface area contributed by atoms with E-state index in [9.17, 15) is 4.39 Å². The Morgan fingerprint density at radius 2 is 2.03 bits per heavy atom. The Morgan fingerprint density at radius 1 is 1.24 bits per heavy atom. The molecule has 29 heavy (non-hydrogen) atoms. The molecule has 0 bridgehead atoms. The lowest BCUT2D eigenvalue weighted by Crippen LogP contribution is -2.48. The van der Waals surface area contributed by atoms with Gasteiger partial charge >= 0.3 is 0 Å². The minimum Gasteiger partial charge on any atom is -0.379 e. The summed E-state index contributed by atoms with van der Waals surface area (Å²) in [6.45, 7) is 9.03. The fourth-order valence-electron chi connectivity index (χ4n) is 3.51. The molecule has 1 saturated heterocycles. The summed E-state index contributed by atoms with van der Waals surface area (Å²) in [4.78, 5) is 8.19. The van der Waals surface area contributed by atoms with Crippen LogP contribution in [-0.4, -0.2) is 57.3 Å². The molecule has 5 nitrogen and oxygen atoms in total. The van der Waals surface area contributed by atoms with E-state index in [4.69, 9.17) is 4.74 Å². The van der Waals surface area contributed by atoms with Gasteiger partial charge in [-0.1, -0.05) is 32.0 Å². The number of nitrogens with zero attached hydrogens (tertiary/aromatic N) is 2. The van der Waals surface area contributed by atoms with Gasteiger partial charge in [0.15, 0.2) is 5.96 Å². The Hall–Kier alpha value is -1.96. The van der Waals surface area contributed by atoms with Crippen LogP contribution in [0.4, 0.5) is 4.39 Å². The number of halogens is 1. The molecule has 0 aliphatic carbocycles. The minimum atomic E-state index is -0.225. The fraction of sp³-hybridized carbons (Fsp3) is 0.500. The minimum absolute atomic E-state index is 0.206. The number of nitrogens with one attached hydrogen (secondary N) is 2. The Kier molecular flexibility index (Phi) is 7.64. The zero-order valence-electron chi connectivity index (χ0n) is 17.5. The summed E-state index contributed by atoms with van der Waals surface area (Å²) >= 11 is 1.78. The van der Waals surface area contributed by atoms with Crippen molar-refractivity contribution in [3.8, 4) is 0 Å². The summed E-state index contributed by atoms with van der Waals surface area (Å²) in [5.74, 6) is 0.548. The van der Waals surface area contributed by atoms with Crippen molar-refractivity contribution in [3.05, 3.63) is 58.0 Å². The van der Waals surface area contributed by atoms with Gasteiger partial charge in [0.1, 0.15) is 5.82 Å². The van der Waals surface area contributed by atoms with Gasteiger partial charge in [0.05, 0.1) is 19.3 Å². The third-order valence-corrected chi connectivity index (χ3v) is 6.32. The van der Waals surface area contributed by atoms with Crippen LogP contribution < -0.4 is 10.6 Å². The molecule has 2 aromatic rings. The molecule has 1 unspecified atom stereocenters. The Labute approximate surface area is 177 Å². The number of morpholine rings is 1. The molecule has 7 heteroatoms. The average molecular weight is 419 g/mol. The van der Waals surface area contributed by atoms with Crippen molar-refractivity contribution in [2.24, 2.45) is 4.99 Å². The van der Waals surface area contributed by atoms with Gasteiger partial charge in [-0.2, -0.15) is 0 Å². The van der Waals surface area contributed by atoms with E-state index < -0.39 is 0 Å². The zero-order chi connectivity index (χ0) is 20.7. The maximum atomic E-state index is 13.6. The lowest BCUT2D eigenvalue weighted by molar-refractivity contribution is 0.0177. The van der Waals surface area contributed by atoms with Crippen molar-refractivity contribution < 1.29 is 9.13 Å². The van der Waals surface area contributed by atoms with E-state index >= 15 is 0 Å². The number of rotatable bonds is 7. The predicted molar refractivity (Wildman–Crippen MR) is 118 cm³/mol. The molecule has 1 aliphatic heterocycles. The van der Waals surface area contributed by atoms with Crippen LogP contribution in [0.2, 0.25) is 0 Å². The second-order valence-corrected chi connectivity index (χ2v) is 8.86. The molecule has 1 aromatic carbocycles. The molecule has 0 saturated carbocycles. The zero-order valence-corrected chi connectivity index (χ0v) is 18.3. The lowest BCUT2D eigenvalue weighted by Gasteiger charge is -2.34. The second kappa shape index (κ2) is 10.2. The van der Waals surface area contributed by atoms with Gasteiger partial charge < -0.3 is 15.4 Å². The first-order valence-electron chi connectivity index (χ1n) is 10.1. The number of hydrogen-bond acceptors (Lipinski definition) is 4. The Balaban J connectivity index is 1.59. The van der Waals surface area contributed by atoms with Crippen molar-refractivity contribution in [1.82, 2.24) is 15.5 Å². The van der Waals surface area contributed by atoms with Gasteiger partial charge in [-0.05, 0) is 29.1 Å². The maximum absolute atomic E-state index is 13.6. The summed E-state index contributed by atoms with van der Waals surface area (Å²) < 4.78 is 19.1. The quantitative estimate of drug-likeness (QED) is 0.535. The van der Waals surface area contributed by atoms with Gasteiger partial charge in [-0.15, -0.1) is 11.3 Å². The first kappa shape index (κ1) is 21.7. The van der Waals surface area contributed by atoms with E-state index in [2.05, 4.69) is 51.9 Å². The predicted octanol–water partition coefficient (Wildman–Crippen LogP) is 3.40. The summed E-state index contributed by atoms with van der Waals surface area (Å²) in [6, 6.07) is 11.4. The smallest absolute Gasteiger partial charge is 0.191 e. The molecule has 1 atom stereocenters. The van der Waals surface area contributed by atoms with Crippen LogP contribution in [0.3, 0.4) is 0 Å². The lowest BCUT2D eigenvalue weighted by atomic mass is 9.84. The number of hydrogen-bond donors (Lipinski definition) is 2. The summed E-state index contributed by atoms with van der Waals surface area (Å²) in [5.41, 5.74) is 0.738. The SMILES string of the molecule is CN=C(NCC(c1cccs1)N1CCOCC1)NCC(C)(C)c1cccc(F)c1. The van der Waals surface area contributed by atoms with Crippen LogP contribution in [0, 0.1) is 5.82 Å². The second-order valence-electron chi connectivity index (χ2n) is 7.88. The number of guanidine groups is 1. The van der Waals surface area contributed by atoms with Crippen LogP contribution in [-0.2, 0) is 10.2 Å². The van der Waals surface area contributed by atoms with E-state index in [1.807, 2.05) is 6.07 Å². The molecule has 0 amide bonds. The third kappa shape index (κ3) is 6.01. The molecule has 158 valence electrons. The van der Waals surface area contributed by atoms with E-state index in [1.165, 1.54) is 10.9 Å². The van der Waals surface area contributed by atoms with Gasteiger partial charge in [0, 0.05) is 43.5 Å². The van der Waals surface area contributed by atoms with E-state index in [1.54, 1.807) is 30.5 Å². The number of aliphatic imine (C=N–C) groups is 1. The Morgan fingerprint density at radius 3 is 2.69 bits per heavy atom. The molecule has 1 aromatic heterocycles. The average Bonchev–Trinajstić information content (AvgIpc) is 3.26. The highest BCUT2D eigenvalue weighted by molar-refractivity contribution is 7.10. The standard InChI is InChI=1S/C22H31FN4OS/c1-22(2,17-6-4-7-18(23)14-17)16-26-21(24-3)25-15-19(20-8-5-13-29-20)27-9-11-28-12-10-27/h4-8,13-14,19H,9-12,15-16H2,1-3H3,(H2,24,25,26). The Bertz CT molecular complexity index is 788. The maximum Gasteiger partial charge on any atom is 0.191 e. The highest BCUT2D eigenvalue weighted by Gasteiger charge is 2.25. The highest BCUT2D eigenvalue weighted by Crippen LogP contribution is 2.26. The summed E-state index contributed by atoms with van der Waals surface area (Å²) in [6.07, 6.45) is 0. The van der Waals surface area contributed by atoms with Crippen LogP contribution in [0.15, 0.2) is 46.8 Å². The van der Waals surface area contributed by atoms with Crippen molar-refractivity contribution in [3.63, 3.8) is 0 Å². The largest absolute Gasteiger partial charge is 0.379 e. The number of benzene rings is 1. The first-order chi connectivity index (χ1) is 14.0. The van der Waals surface area contributed by atoms with Crippen LogP contribution >= 0.6 is 11.3 Å². The van der Waals surface area contributed by atoms with Gasteiger partial charge in [-0.25, -0.2) is 4.39 Å². The number of ether oxygens (including phenoxy) is 1. The fourth-order valence-corrected chi connectivity index (χ4v) is 4.37. The van der Waals surface area contributed by atoms with Crippen molar-refractivity contribution in [2.45, 2.75) is 25.3 Å². The van der Waals surface area contributed by atoms with Crippen LogP contribution in [0.25, 0.3) is 0 Å². The molecule has 0 spiro atoms. The molecule has 1 aliphatic rings. The first-order valence-corrected chi connectivity index (χ1v) is 10.9. The van der Waals surface area contributed by atoms with Crippen LogP contribution in [0.5, 0.6) is 0 Å². The van der Waals surface area contributed by atoms with Crippen molar-refractivity contribution >= 4 is 17.3 Å². The van der Waals surface area contributed by atoms with Crippen LogP contribution in [0.1, 0.15) is 30.3 Å². The highest BCUT2D eigenvalue weighted by atomic mass is 32.1. The van der Waals surface area contributed by atoms with E-state index in [-0.39, 0.29) is 17.3 Å². The molecule has 2 heterocycles. The van der Waals surface area contributed by atoms with Gasteiger partial charge in [0.25, 0.3) is 0 Å². The molecule has 3 rings (SSSR count). The summed E-state index contributed by atoms with van der Waals surface area (Å²) in [5, 5.41) is 9.01. The molecule has 1 fully saturated rings. The summed E-state index contributed by atoms with van der Waals surface area (Å²) in [7, 11) is 1.78. The van der Waals surface area contributed by atoms with Crippen molar-refractivity contribution in [2.75, 3.05) is 46.4 Å². The van der Waals surface area contributed by atoms with Gasteiger partial charge in [-0.3, -0.25) is 9.89 Å². The number of thiophene rings is 1. The van der Waals surface area contributed by atoms with E-state index in [0.717, 1.165) is 44.4 Å². The molecular weight excluding hydrogens is 387 g/mol. The van der Waals surface area contributed by atoms with E-state index in [0.29, 0.717) is 6.54 Å². The molecule has 0 radical (unpaired) electrons. The third-order valence-electron chi connectivity index (χ3n) is 5.35. The molecular formula is C22H31FN4OS. The normalized spacial score (nSPS) is 17.2. The molecule has 2 N–H and O–H groups in total. The van der Waals surface area contributed by atoms with Crippen molar-refractivity contribution in [1.29, 1.82) is 0 Å². The monoisotopic (exact) mass is 418 g/mol. The topological polar surface area (TPSA) is 48.9 Å².